The van der Waals surface area contributed by atoms with Gasteiger partial charge in [-0.1, -0.05) is 127 Å². The maximum atomic E-state index is 6.56. The minimum atomic E-state index is 0.858. The molecule has 0 spiro atoms. The SMILES string of the molecule is c1ccc(-c2ccc(N(c3ccc4c(c3)oc3ccccc34)c3cc4c(cc3-c3cccc5sc6ccccc6c35)c3ccccc3n4-c3ccccc3)cc2)cc1. The molecule has 12 rings (SSSR count). The third-order valence-electron chi connectivity index (χ3n) is 11.6. The van der Waals surface area contributed by atoms with Gasteiger partial charge in [0.15, 0.2) is 0 Å². The lowest BCUT2D eigenvalue weighted by Gasteiger charge is -2.29. The van der Waals surface area contributed by atoms with Crippen LogP contribution < -0.4 is 4.90 Å². The van der Waals surface area contributed by atoms with E-state index in [1.165, 1.54) is 53.2 Å². The standard InChI is InChI=1S/C54H34N2OS/c1-3-14-35(15-4-1)36-26-28-38(29-27-36)55(39-30-31-42-41-19-8-11-23-50(41)57-51(42)32-39)48-34-49-45(40-18-7-10-22-47(40)56(49)37-16-5-2-6-17-37)33-46(48)43-21-13-25-53-54(43)44-20-9-12-24-52(44)58-53/h1-34H. The molecule has 0 amide bonds. The Bertz CT molecular complexity index is 3500. The lowest BCUT2D eigenvalue weighted by Crippen LogP contribution is -2.11. The fourth-order valence-corrected chi connectivity index (χ4v) is 10.1. The second-order valence-electron chi connectivity index (χ2n) is 14.9. The highest BCUT2D eigenvalue weighted by atomic mass is 32.1. The van der Waals surface area contributed by atoms with Crippen LogP contribution in [0.4, 0.5) is 17.1 Å². The zero-order valence-electron chi connectivity index (χ0n) is 31.3. The van der Waals surface area contributed by atoms with Gasteiger partial charge in [-0.15, -0.1) is 11.3 Å². The molecule has 0 fully saturated rings. The van der Waals surface area contributed by atoms with Gasteiger partial charge in [0.1, 0.15) is 11.2 Å². The highest BCUT2D eigenvalue weighted by Crippen LogP contribution is 2.49. The quantitative estimate of drug-likeness (QED) is 0.168. The molecule has 0 aliphatic heterocycles. The van der Waals surface area contributed by atoms with Gasteiger partial charge in [-0.3, -0.25) is 0 Å². The number of furan rings is 1. The molecule has 0 unspecified atom stereocenters. The van der Waals surface area contributed by atoms with E-state index in [1.807, 2.05) is 17.4 Å². The number of para-hydroxylation sites is 3. The summed E-state index contributed by atoms with van der Waals surface area (Å²) in [4.78, 5) is 2.43. The molecule has 9 aromatic carbocycles. The Morgan fingerprint density at radius 3 is 1.90 bits per heavy atom. The molecule has 0 bridgehead atoms. The Morgan fingerprint density at radius 1 is 0.397 bits per heavy atom. The van der Waals surface area contributed by atoms with Crippen molar-refractivity contribution in [3.8, 4) is 27.9 Å². The van der Waals surface area contributed by atoms with Crippen molar-refractivity contribution in [1.29, 1.82) is 0 Å². The number of benzene rings is 9. The number of anilines is 3. The van der Waals surface area contributed by atoms with Crippen LogP contribution >= 0.6 is 11.3 Å². The third kappa shape index (κ3) is 5.12. The van der Waals surface area contributed by atoms with Crippen LogP contribution in [-0.2, 0) is 0 Å². The van der Waals surface area contributed by atoms with E-state index in [0.717, 1.165) is 55.8 Å². The number of nitrogens with zero attached hydrogens (tertiary/aromatic N) is 2. The van der Waals surface area contributed by atoms with E-state index in [4.69, 9.17) is 4.42 Å². The van der Waals surface area contributed by atoms with Crippen LogP contribution in [0, 0.1) is 0 Å². The maximum absolute atomic E-state index is 6.56. The predicted octanol–water partition coefficient (Wildman–Crippen LogP) is 15.9. The van der Waals surface area contributed by atoms with Crippen molar-refractivity contribution in [2.24, 2.45) is 0 Å². The Morgan fingerprint density at radius 2 is 1.05 bits per heavy atom. The molecule has 0 saturated heterocycles. The number of rotatable bonds is 6. The number of aromatic nitrogens is 1. The summed E-state index contributed by atoms with van der Waals surface area (Å²) in [6, 6.07) is 74.6. The zero-order chi connectivity index (χ0) is 38.2. The molecule has 0 saturated carbocycles. The summed E-state index contributed by atoms with van der Waals surface area (Å²) in [6.45, 7) is 0. The highest BCUT2D eigenvalue weighted by molar-refractivity contribution is 7.25. The Balaban J connectivity index is 1.21. The first kappa shape index (κ1) is 32.8. The zero-order valence-corrected chi connectivity index (χ0v) is 32.2. The van der Waals surface area contributed by atoms with Gasteiger partial charge >= 0.3 is 0 Å². The number of thiophene rings is 1. The summed E-state index contributed by atoms with van der Waals surface area (Å²) in [5.41, 5.74) is 13.1. The van der Waals surface area contributed by atoms with E-state index < -0.39 is 0 Å². The van der Waals surface area contributed by atoms with Gasteiger partial charge in [0, 0.05) is 70.4 Å². The molecule has 3 nitrogen and oxygen atoms in total. The second kappa shape index (κ2) is 13.1. The normalized spacial score (nSPS) is 11.8. The van der Waals surface area contributed by atoms with Crippen molar-refractivity contribution >= 4 is 92.3 Å². The van der Waals surface area contributed by atoms with Gasteiger partial charge in [-0.05, 0) is 89.5 Å². The van der Waals surface area contributed by atoms with Gasteiger partial charge in [0.05, 0.1) is 16.7 Å². The number of hydrogen-bond donors (Lipinski definition) is 0. The van der Waals surface area contributed by atoms with Gasteiger partial charge < -0.3 is 13.9 Å². The first-order valence-electron chi connectivity index (χ1n) is 19.7. The van der Waals surface area contributed by atoms with Crippen LogP contribution in [0.5, 0.6) is 0 Å². The second-order valence-corrected chi connectivity index (χ2v) is 16.0. The Labute approximate surface area is 338 Å². The fraction of sp³-hybridized carbons (Fsp3) is 0. The molecule has 0 aliphatic rings. The van der Waals surface area contributed by atoms with E-state index in [1.54, 1.807) is 0 Å². The summed E-state index contributed by atoms with van der Waals surface area (Å²) >= 11 is 1.86. The maximum Gasteiger partial charge on any atom is 0.137 e. The van der Waals surface area contributed by atoms with Gasteiger partial charge in [-0.25, -0.2) is 0 Å². The lowest BCUT2D eigenvalue weighted by atomic mass is 9.95. The predicted molar refractivity (Wildman–Crippen MR) is 247 cm³/mol. The topological polar surface area (TPSA) is 21.3 Å². The molecule has 0 atom stereocenters. The molecular weight excluding hydrogens is 725 g/mol. The smallest absolute Gasteiger partial charge is 0.137 e. The first-order chi connectivity index (χ1) is 28.8. The lowest BCUT2D eigenvalue weighted by molar-refractivity contribution is 0.669. The van der Waals surface area contributed by atoms with Crippen LogP contribution in [-0.4, -0.2) is 4.57 Å². The van der Waals surface area contributed by atoms with Crippen LogP contribution in [0.25, 0.3) is 91.9 Å². The molecular formula is C54H34N2OS. The Kier molecular flexibility index (Phi) is 7.40. The molecule has 12 aromatic rings. The van der Waals surface area contributed by atoms with Gasteiger partial charge in [0.25, 0.3) is 0 Å². The average Bonchev–Trinajstić information content (AvgIpc) is 3.96. The average molecular weight is 759 g/mol. The van der Waals surface area contributed by atoms with Crippen molar-refractivity contribution < 1.29 is 4.42 Å². The van der Waals surface area contributed by atoms with Crippen LogP contribution in [0.1, 0.15) is 0 Å². The highest BCUT2D eigenvalue weighted by Gasteiger charge is 2.24. The van der Waals surface area contributed by atoms with Crippen LogP contribution in [0.15, 0.2) is 211 Å². The minimum absolute atomic E-state index is 0.858. The van der Waals surface area contributed by atoms with Crippen molar-refractivity contribution in [2.75, 3.05) is 4.90 Å². The molecule has 0 N–H and O–H groups in total. The van der Waals surface area contributed by atoms with E-state index >= 15 is 0 Å². The molecule has 3 aromatic heterocycles. The summed E-state index contributed by atoms with van der Waals surface area (Å²) in [5.74, 6) is 0. The largest absolute Gasteiger partial charge is 0.456 e. The summed E-state index contributed by atoms with van der Waals surface area (Å²) in [5, 5.41) is 7.21. The molecule has 272 valence electrons. The van der Waals surface area contributed by atoms with Gasteiger partial charge in [-0.2, -0.15) is 0 Å². The minimum Gasteiger partial charge on any atom is -0.456 e. The van der Waals surface area contributed by atoms with Crippen molar-refractivity contribution in [3.05, 3.63) is 206 Å². The van der Waals surface area contributed by atoms with E-state index in [9.17, 15) is 0 Å². The molecule has 0 aliphatic carbocycles. The van der Waals surface area contributed by atoms with Crippen molar-refractivity contribution in [1.82, 2.24) is 4.57 Å². The van der Waals surface area contributed by atoms with Gasteiger partial charge in [0.2, 0.25) is 0 Å². The summed E-state index contributed by atoms with van der Waals surface area (Å²) in [6.07, 6.45) is 0. The molecule has 4 heteroatoms. The number of hydrogen-bond acceptors (Lipinski definition) is 3. The third-order valence-corrected chi connectivity index (χ3v) is 12.7. The van der Waals surface area contributed by atoms with Crippen molar-refractivity contribution in [2.45, 2.75) is 0 Å². The van der Waals surface area contributed by atoms with Crippen LogP contribution in [0.3, 0.4) is 0 Å². The summed E-state index contributed by atoms with van der Waals surface area (Å²) < 4.78 is 11.5. The van der Waals surface area contributed by atoms with E-state index in [-0.39, 0.29) is 0 Å². The molecule has 3 heterocycles. The molecule has 0 radical (unpaired) electrons. The Hall–Kier alpha value is -7.40. The van der Waals surface area contributed by atoms with E-state index in [0.29, 0.717) is 0 Å². The van der Waals surface area contributed by atoms with Crippen molar-refractivity contribution in [3.63, 3.8) is 0 Å². The van der Waals surface area contributed by atoms with E-state index in [2.05, 4.69) is 210 Å². The summed E-state index contributed by atoms with van der Waals surface area (Å²) in [7, 11) is 0. The van der Waals surface area contributed by atoms with Crippen LogP contribution in [0.2, 0.25) is 0 Å². The number of fused-ring (bicyclic) bond motifs is 9. The molecule has 58 heavy (non-hydrogen) atoms. The fourth-order valence-electron chi connectivity index (χ4n) is 8.97. The monoisotopic (exact) mass is 758 g/mol. The first-order valence-corrected chi connectivity index (χ1v) is 20.5.